The van der Waals surface area contributed by atoms with Gasteiger partial charge in [0.25, 0.3) is 0 Å². The quantitative estimate of drug-likeness (QED) is 0.781. The van der Waals surface area contributed by atoms with Crippen LogP contribution >= 0.6 is 15.9 Å². The van der Waals surface area contributed by atoms with Crippen LogP contribution in [0.15, 0.2) is 28.2 Å². The van der Waals surface area contributed by atoms with Crippen LogP contribution in [0.25, 0.3) is 6.08 Å². The number of hydrogen-bond donors (Lipinski definition) is 1. The van der Waals surface area contributed by atoms with Gasteiger partial charge in [-0.05, 0) is 49.7 Å². The number of fused-ring (bicyclic) bond motifs is 1. The summed E-state index contributed by atoms with van der Waals surface area (Å²) in [5.74, 6) is 0.961. The Bertz CT molecular complexity index is 446. The SMILES string of the molecule is CCOCCCNCC1=Cc2cc(Br)ccc2OC1. The first-order chi connectivity index (χ1) is 9.29. The van der Waals surface area contributed by atoms with Gasteiger partial charge in [-0.2, -0.15) is 0 Å². The lowest BCUT2D eigenvalue weighted by atomic mass is 10.1. The molecule has 4 heteroatoms. The van der Waals surface area contributed by atoms with E-state index in [0.717, 1.165) is 48.5 Å². The molecule has 1 aliphatic heterocycles. The summed E-state index contributed by atoms with van der Waals surface area (Å²) in [6, 6.07) is 6.09. The molecule has 2 rings (SSSR count). The van der Waals surface area contributed by atoms with Crippen LogP contribution in [-0.4, -0.2) is 32.9 Å². The highest BCUT2D eigenvalue weighted by molar-refractivity contribution is 9.10. The Morgan fingerprint density at radius 1 is 1.42 bits per heavy atom. The molecule has 0 aliphatic carbocycles. The molecule has 1 aromatic rings. The molecule has 0 amide bonds. The molecule has 0 saturated heterocycles. The Morgan fingerprint density at radius 3 is 3.16 bits per heavy atom. The predicted octanol–water partition coefficient (Wildman–Crippen LogP) is 3.24. The summed E-state index contributed by atoms with van der Waals surface area (Å²) in [4.78, 5) is 0. The maximum Gasteiger partial charge on any atom is 0.127 e. The van der Waals surface area contributed by atoms with Gasteiger partial charge in [0, 0.05) is 29.8 Å². The topological polar surface area (TPSA) is 30.5 Å². The highest BCUT2D eigenvalue weighted by Crippen LogP contribution is 2.28. The van der Waals surface area contributed by atoms with Gasteiger partial charge in [-0.1, -0.05) is 15.9 Å². The summed E-state index contributed by atoms with van der Waals surface area (Å²) in [5.41, 5.74) is 2.42. The highest BCUT2D eigenvalue weighted by Gasteiger charge is 2.11. The van der Waals surface area contributed by atoms with Crippen LogP contribution < -0.4 is 10.1 Å². The molecule has 1 N–H and O–H groups in total. The molecule has 0 saturated carbocycles. The molecule has 1 heterocycles. The fraction of sp³-hybridized carbons (Fsp3) is 0.467. The van der Waals surface area contributed by atoms with Crippen molar-refractivity contribution in [3.05, 3.63) is 33.8 Å². The first-order valence-corrected chi connectivity index (χ1v) is 7.49. The van der Waals surface area contributed by atoms with Crippen molar-refractivity contribution >= 4 is 22.0 Å². The number of nitrogens with one attached hydrogen (secondary N) is 1. The van der Waals surface area contributed by atoms with Crippen molar-refractivity contribution in [2.45, 2.75) is 13.3 Å². The number of ether oxygens (including phenoxy) is 2. The Balaban J connectivity index is 1.79. The summed E-state index contributed by atoms with van der Waals surface area (Å²) >= 11 is 3.48. The number of rotatable bonds is 7. The largest absolute Gasteiger partial charge is 0.489 e. The Kier molecular flexibility index (Phi) is 5.89. The van der Waals surface area contributed by atoms with Gasteiger partial charge in [0.05, 0.1) is 0 Å². The number of hydrogen-bond acceptors (Lipinski definition) is 3. The minimum Gasteiger partial charge on any atom is -0.489 e. The van der Waals surface area contributed by atoms with E-state index in [9.17, 15) is 0 Å². The highest BCUT2D eigenvalue weighted by atomic mass is 79.9. The minimum atomic E-state index is 0.674. The zero-order valence-electron chi connectivity index (χ0n) is 11.2. The van der Waals surface area contributed by atoms with Crippen LogP contribution in [0.5, 0.6) is 5.75 Å². The predicted molar refractivity (Wildman–Crippen MR) is 81.6 cm³/mol. The summed E-state index contributed by atoms with van der Waals surface area (Å²) < 4.78 is 12.1. The summed E-state index contributed by atoms with van der Waals surface area (Å²) in [6.45, 7) is 6.17. The van der Waals surface area contributed by atoms with Gasteiger partial charge in [-0.25, -0.2) is 0 Å². The van der Waals surface area contributed by atoms with Crippen LogP contribution in [0.4, 0.5) is 0 Å². The third-order valence-electron chi connectivity index (χ3n) is 2.94. The van der Waals surface area contributed by atoms with E-state index in [-0.39, 0.29) is 0 Å². The fourth-order valence-corrected chi connectivity index (χ4v) is 2.37. The van der Waals surface area contributed by atoms with E-state index in [0.29, 0.717) is 6.61 Å². The first-order valence-electron chi connectivity index (χ1n) is 6.70. The lowest BCUT2D eigenvalue weighted by Gasteiger charge is -2.18. The van der Waals surface area contributed by atoms with E-state index in [1.165, 1.54) is 5.57 Å². The molecule has 19 heavy (non-hydrogen) atoms. The van der Waals surface area contributed by atoms with Gasteiger partial charge in [0.2, 0.25) is 0 Å². The van der Waals surface area contributed by atoms with Gasteiger partial charge in [0.15, 0.2) is 0 Å². The monoisotopic (exact) mass is 325 g/mol. The Morgan fingerprint density at radius 2 is 2.32 bits per heavy atom. The zero-order chi connectivity index (χ0) is 13.5. The average molecular weight is 326 g/mol. The van der Waals surface area contributed by atoms with Crippen molar-refractivity contribution in [2.75, 3.05) is 32.9 Å². The molecule has 0 bridgehead atoms. The smallest absolute Gasteiger partial charge is 0.127 e. The third-order valence-corrected chi connectivity index (χ3v) is 3.44. The van der Waals surface area contributed by atoms with Crippen molar-refractivity contribution in [3.63, 3.8) is 0 Å². The average Bonchev–Trinajstić information content (AvgIpc) is 2.42. The lowest BCUT2D eigenvalue weighted by molar-refractivity contribution is 0.145. The minimum absolute atomic E-state index is 0.674. The zero-order valence-corrected chi connectivity index (χ0v) is 12.8. The fourth-order valence-electron chi connectivity index (χ4n) is 1.99. The summed E-state index contributed by atoms with van der Waals surface area (Å²) in [7, 11) is 0. The molecule has 1 aromatic carbocycles. The van der Waals surface area contributed by atoms with Gasteiger partial charge in [0.1, 0.15) is 12.4 Å². The molecular formula is C15H20BrNO2. The number of benzene rings is 1. The molecule has 0 spiro atoms. The number of halogens is 1. The second-order valence-electron chi connectivity index (χ2n) is 4.50. The summed E-state index contributed by atoms with van der Waals surface area (Å²) in [6.07, 6.45) is 3.25. The van der Waals surface area contributed by atoms with Gasteiger partial charge in [-0.15, -0.1) is 0 Å². The van der Waals surface area contributed by atoms with Crippen LogP contribution in [0.2, 0.25) is 0 Å². The van der Waals surface area contributed by atoms with Crippen molar-refractivity contribution < 1.29 is 9.47 Å². The van der Waals surface area contributed by atoms with E-state index < -0.39 is 0 Å². The molecule has 104 valence electrons. The molecule has 0 fully saturated rings. The lowest BCUT2D eigenvalue weighted by Crippen LogP contribution is -2.23. The normalized spacial score (nSPS) is 13.7. The van der Waals surface area contributed by atoms with Crippen molar-refractivity contribution in [3.8, 4) is 5.75 Å². The maximum atomic E-state index is 5.73. The summed E-state index contributed by atoms with van der Waals surface area (Å²) in [5, 5.41) is 3.42. The second kappa shape index (κ2) is 7.68. The van der Waals surface area contributed by atoms with E-state index in [1.54, 1.807) is 0 Å². The molecule has 0 radical (unpaired) electrons. The second-order valence-corrected chi connectivity index (χ2v) is 5.42. The molecule has 0 aromatic heterocycles. The van der Waals surface area contributed by atoms with Gasteiger partial charge in [-0.3, -0.25) is 0 Å². The molecule has 1 aliphatic rings. The Labute approximate surface area is 123 Å². The van der Waals surface area contributed by atoms with Crippen molar-refractivity contribution in [1.29, 1.82) is 0 Å². The van der Waals surface area contributed by atoms with Crippen LogP contribution in [0.1, 0.15) is 18.9 Å². The maximum absolute atomic E-state index is 5.73. The molecular weight excluding hydrogens is 306 g/mol. The van der Waals surface area contributed by atoms with Crippen molar-refractivity contribution in [1.82, 2.24) is 5.32 Å². The van der Waals surface area contributed by atoms with E-state index in [4.69, 9.17) is 9.47 Å². The van der Waals surface area contributed by atoms with E-state index >= 15 is 0 Å². The Hall–Kier alpha value is -0.840. The molecule has 0 atom stereocenters. The first kappa shape index (κ1) is 14.6. The van der Waals surface area contributed by atoms with Gasteiger partial charge < -0.3 is 14.8 Å². The molecule has 3 nitrogen and oxygen atoms in total. The van der Waals surface area contributed by atoms with Crippen molar-refractivity contribution in [2.24, 2.45) is 0 Å². The van der Waals surface area contributed by atoms with Crippen LogP contribution in [0, 0.1) is 0 Å². The standard InChI is InChI=1S/C15H20BrNO2/c1-2-18-7-3-6-17-10-12-8-13-9-14(16)4-5-15(13)19-11-12/h4-5,8-9,17H,2-3,6-7,10-11H2,1H3. The molecule has 0 unspecified atom stereocenters. The van der Waals surface area contributed by atoms with Crippen LogP contribution in [-0.2, 0) is 4.74 Å². The van der Waals surface area contributed by atoms with Gasteiger partial charge >= 0.3 is 0 Å². The van der Waals surface area contributed by atoms with E-state index in [1.807, 2.05) is 19.1 Å². The third kappa shape index (κ3) is 4.64. The van der Waals surface area contributed by atoms with Crippen LogP contribution in [0.3, 0.4) is 0 Å². The van der Waals surface area contributed by atoms with E-state index in [2.05, 4.69) is 33.4 Å².